The van der Waals surface area contributed by atoms with Crippen LogP contribution in [0, 0.1) is 0 Å². The summed E-state index contributed by atoms with van der Waals surface area (Å²) in [5.41, 5.74) is 1.82. The van der Waals surface area contributed by atoms with Gasteiger partial charge in [-0.15, -0.1) is 0 Å². The van der Waals surface area contributed by atoms with Crippen LogP contribution in [0.1, 0.15) is 23.4 Å². The Morgan fingerprint density at radius 1 is 1.13 bits per heavy atom. The zero-order valence-corrected chi connectivity index (χ0v) is 16.5. The van der Waals surface area contributed by atoms with Gasteiger partial charge in [0.15, 0.2) is 5.82 Å². The average Bonchev–Trinajstić information content (AvgIpc) is 3.12. The fraction of sp³-hybridized carbons (Fsp3) is 0.158. The Labute approximate surface area is 174 Å². The van der Waals surface area contributed by atoms with E-state index in [9.17, 15) is 13.6 Å². The predicted octanol–water partition coefficient (Wildman–Crippen LogP) is 3.40. The third kappa shape index (κ3) is 3.57. The molecule has 11 heteroatoms. The maximum absolute atomic E-state index is 13.7. The minimum atomic E-state index is -3.22. The number of alkyl halides is 2. The van der Waals surface area contributed by atoms with Crippen molar-refractivity contribution in [3.8, 4) is 17.1 Å². The van der Waals surface area contributed by atoms with Crippen LogP contribution in [0.15, 0.2) is 42.7 Å². The van der Waals surface area contributed by atoms with Gasteiger partial charge in [0.05, 0.1) is 6.20 Å². The van der Waals surface area contributed by atoms with E-state index < -0.39 is 17.7 Å². The van der Waals surface area contributed by atoms with Gasteiger partial charge in [-0.1, -0.05) is 23.7 Å². The molecule has 0 radical (unpaired) electrons. The van der Waals surface area contributed by atoms with Crippen LogP contribution in [-0.4, -0.2) is 42.7 Å². The van der Waals surface area contributed by atoms with Gasteiger partial charge in [0, 0.05) is 36.8 Å². The highest BCUT2D eigenvalue weighted by Crippen LogP contribution is 2.30. The lowest BCUT2D eigenvalue weighted by Crippen LogP contribution is -2.20. The van der Waals surface area contributed by atoms with Crippen molar-refractivity contribution in [3.05, 3.63) is 59.4 Å². The number of benzene rings is 1. The quantitative estimate of drug-likeness (QED) is 0.534. The highest BCUT2D eigenvalue weighted by molar-refractivity contribution is 6.30. The molecule has 3 aromatic heterocycles. The van der Waals surface area contributed by atoms with Crippen molar-refractivity contribution in [3.63, 3.8) is 0 Å². The Bertz CT molecular complexity index is 1250. The van der Waals surface area contributed by atoms with Gasteiger partial charge in [0.25, 0.3) is 5.91 Å². The molecule has 1 aromatic carbocycles. The van der Waals surface area contributed by atoms with E-state index in [1.54, 1.807) is 24.3 Å². The van der Waals surface area contributed by atoms with Crippen LogP contribution >= 0.6 is 11.6 Å². The number of hydrogen-bond acceptors (Lipinski definition) is 6. The fourth-order valence-corrected chi connectivity index (χ4v) is 2.91. The van der Waals surface area contributed by atoms with Gasteiger partial charge in [-0.2, -0.15) is 13.9 Å². The first-order valence-electron chi connectivity index (χ1n) is 8.73. The molecule has 0 aliphatic heterocycles. The number of nitrogens with one attached hydrogen (secondary N) is 1. The molecule has 4 aromatic rings. The van der Waals surface area contributed by atoms with Gasteiger partial charge in [0.1, 0.15) is 16.7 Å². The summed E-state index contributed by atoms with van der Waals surface area (Å²) in [5.74, 6) is -4.27. The number of carbonyl (C=O) groups excluding carboxylic acids is 1. The molecule has 1 amide bonds. The summed E-state index contributed by atoms with van der Waals surface area (Å²) < 4.78 is 28.8. The zero-order chi connectivity index (χ0) is 21.5. The van der Waals surface area contributed by atoms with E-state index in [1.165, 1.54) is 30.2 Å². The van der Waals surface area contributed by atoms with Crippen molar-refractivity contribution in [1.29, 1.82) is 0 Å². The van der Waals surface area contributed by atoms with E-state index in [0.717, 1.165) is 0 Å². The number of carbonyl (C=O) groups is 1. The summed E-state index contributed by atoms with van der Waals surface area (Å²) in [5, 5.41) is 7.51. The SMILES string of the molecule is CNC(=O)c1ncc2c(n1)c(-c1ccc(Cl)cc1)nn2-c1ccnc(C(C)(F)F)n1. The molecule has 0 unspecified atom stereocenters. The molecule has 30 heavy (non-hydrogen) atoms. The van der Waals surface area contributed by atoms with Crippen LogP contribution < -0.4 is 5.32 Å². The van der Waals surface area contributed by atoms with Gasteiger partial charge in [-0.25, -0.2) is 24.6 Å². The summed E-state index contributed by atoms with van der Waals surface area (Å²) in [4.78, 5) is 28.0. The topological polar surface area (TPSA) is 98.5 Å². The van der Waals surface area contributed by atoms with E-state index in [-0.39, 0.29) is 11.6 Å². The fourth-order valence-electron chi connectivity index (χ4n) is 2.78. The second-order valence-corrected chi connectivity index (χ2v) is 6.84. The number of fused-ring (bicyclic) bond motifs is 1. The van der Waals surface area contributed by atoms with Crippen LogP contribution in [0.25, 0.3) is 28.1 Å². The van der Waals surface area contributed by atoms with Gasteiger partial charge >= 0.3 is 5.92 Å². The third-order valence-electron chi connectivity index (χ3n) is 4.22. The van der Waals surface area contributed by atoms with Gasteiger partial charge in [-0.3, -0.25) is 4.79 Å². The summed E-state index contributed by atoms with van der Waals surface area (Å²) in [6, 6.07) is 8.29. The third-order valence-corrected chi connectivity index (χ3v) is 4.47. The number of nitrogens with zero attached hydrogens (tertiary/aromatic N) is 6. The Morgan fingerprint density at radius 2 is 1.87 bits per heavy atom. The van der Waals surface area contributed by atoms with E-state index in [4.69, 9.17) is 11.6 Å². The van der Waals surface area contributed by atoms with Crippen molar-refractivity contribution >= 4 is 28.5 Å². The van der Waals surface area contributed by atoms with Gasteiger partial charge < -0.3 is 5.32 Å². The lowest BCUT2D eigenvalue weighted by atomic mass is 10.1. The molecule has 0 fully saturated rings. The van der Waals surface area contributed by atoms with E-state index in [2.05, 4.69) is 30.4 Å². The number of amides is 1. The minimum Gasteiger partial charge on any atom is -0.352 e. The van der Waals surface area contributed by atoms with Crippen LogP contribution in [0.2, 0.25) is 5.02 Å². The first-order chi connectivity index (χ1) is 14.3. The molecular formula is C19H14ClF2N7O. The number of rotatable bonds is 4. The second kappa shape index (κ2) is 7.38. The maximum atomic E-state index is 13.7. The van der Waals surface area contributed by atoms with Crippen molar-refractivity contribution in [2.75, 3.05) is 7.05 Å². The molecule has 152 valence electrons. The number of hydrogen-bond donors (Lipinski definition) is 1. The summed E-state index contributed by atoms with van der Waals surface area (Å²) in [6.07, 6.45) is 2.62. The van der Waals surface area contributed by atoms with Gasteiger partial charge in [0.2, 0.25) is 11.6 Å². The molecule has 8 nitrogen and oxygen atoms in total. The van der Waals surface area contributed by atoms with E-state index >= 15 is 0 Å². The molecule has 0 aliphatic carbocycles. The first-order valence-corrected chi connectivity index (χ1v) is 9.11. The van der Waals surface area contributed by atoms with Crippen molar-refractivity contribution < 1.29 is 13.6 Å². The lowest BCUT2D eigenvalue weighted by molar-refractivity contribution is 0.00763. The molecule has 0 atom stereocenters. The smallest absolute Gasteiger partial charge is 0.303 e. The van der Waals surface area contributed by atoms with Crippen LogP contribution in [0.3, 0.4) is 0 Å². The molecule has 4 rings (SSSR count). The first kappa shape index (κ1) is 19.8. The standard InChI is InChI=1S/C19H14ClF2N7O/c1-19(21,22)18-24-8-7-13(26-18)29-12-9-25-16(17(30)23-2)27-15(12)14(28-29)10-3-5-11(20)6-4-10/h3-9H,1-2H3,(H,23,30). The van der Waals surface area contributed by atoms with Crippen molar-refractivity contribution in [2.45, 2.75) is 12.8 Å². The Kier molecular flexibility index (Phi) is 4.86. The predicted molar refractivity (Wildman–Crippen MR) is 106 cm³/mol. The molecule has 0 saturated heterocycles. The maximum Gasteiger partial charge on any atom is 0.303 e. The molecule has 0 saturated carbocycles. The summed E-state index contributed by atoms with van der Waals surface area (Å²) in [7, 11) is 1.47. The molecular weight excluding hydrogens is 416 g/mol. The Hall–Kier alpha value is -3.53. The zero-order valence-electron chi connectivity index (χ0n) is 15.8. The molecule has 3 heterocycles. The van der Waals surface area contributed by atoms with Crippen molar-refractivity contribution in [1.82, 2.24) is 35.0 Å². The number of halogens is 3. The van der Waals surface area contributed by atoms with E-state index in [1.807, 2.05) is 0 Å². The van der Waals surface area contributed by atoms with E-state index in [0.29, 0.717) is 34.2 Å². The number of aromatic nitrogens is 6. The monoisotopic (exact) mass is 429 g/mol. The Balaban J connectivity index is 1.97. The molecule has 0 bridgehead atoms. The van der Waals surface area contributed by atoms with Crippen molar-refractivity contribution in [2.24, 2.45) is 0 Å². The normalized spacial score (nSPS) is 11.6. The minimum absolute atomic E-state index is 0.0526. The van der Waals surface area contributed by atoms with Crippen LogP contribution in [0.5, 0.6) is 0 Å². The summed E-state index contributed by atoms with van der Waals surface area (Å²) >= 11 is 5.97. The van der Waals surface area contributed by atoms with Gasteiger partial charge in [-0.05, 0) is 12.1 Å². The largest absolute Gasteiger partial charge is 0.352 e. The van der Waals surface area contributed by atoms with Crippen LogP contribution in [-0.2, 0) is 5.92 Å². The molecule has 0 spiro atoms. The average molecular weight is 430 g/mol. The Morgan fingerprint density at radius 3 is 2.53 bits per heavy atom. The highest BCUT2D eigenvalue weighted by atomic mass is 35.5. The van der Waals surface area contributed by atoms with Crippen LogP contribution in [0.4, 0.5) is 8.78 Å². The summed E-state index contributed by atoms with van der Waals surface area (Å²) in [6.45, 7) is 0.713. The highest BCUT2D eigenvalue weighted by Gasteiger charge is 2.29. The lowest BCUT2D eigenvalue weighted by Gasteiger charge is -2.09. The molecule has 1 N–H and O–H groups in total. The second-order valence-electron chi connectivity index (χ2n) is 6.40. The molecule has 0 aliphatic rings.